The lowest BCUT2D eigenvalue weighted by Gasteiger charge is -2.30. The molecule has 0 fully saturated rings. The SMILES string of the molecule is Cn1cncc1C(Cl)(c1ccc(Cl)cc1)c1cc2c3c(c1)c(-c1cccc(Cl)c1)cc(=O)n3CC2. The van der Waals surface area contributed by atoms with Crippen molar-refractivity contribution in [1.82, 2.24) is 14.1 Å². The van der Waals surface area contributed by atoms with Crippen LogP contribution in [-0.2, 0) is 24.9 Å². The first kappa shape index (κ1) is 22.4. The monoisotopic (exact) mass is 519 g/mol. The number of rotatable bonds is 4. The summed E-state index contributed by atoms with van der Waals surface area (Å²) in [5, 5.41) is 2.23. The standard InChI is InChI=1S/C28H20Cl3N3O/c1-33-16-32-15-25(33)28(31,19-5-7-21(29)8-6-19)20-11-18-9-10-34-26(35)14-23(24(13-20)27(18)34)17-3-2-4-22(30)12-17/h2-8,11-16H,9-10H2,1H3. The Morgan fingerprint density at radius 3 is 2.46 bits per heavy atom. The van der Waals surface area contributed by atoms with Gasteiger partial charge in [-0.3, -0.25) is 4.79 Å². The van der Waals surface area contributed by atoms with Crippen LogP contribution in [0.1, 0.15) is 22.4 Å². The molecule has 174 valence electrons. The highest BCUT2D eigenvalue weighted by atomic mass is 35.5. The van der Waals surface area contributed by atoms with E-state index in [1.807, 2.05) is 64.7 Å². The van der Waals surface area contributed by atoms with Crippen molar-refractivity contribution in [2.24, 2.45) is 7.05 Å². The summed E-state index contributed by atoms with van der Waals surface area (Å²) in [7, 11) is 1.94. The van der Waals surface area contributed by atoms with Crippen LogP contribution in [0.3, 0.4) is 0 Å². The van der Waals surface area contributed by atoms with E-state index in [0.29, 0.717) is 16.6 Å². The smallest absolute Gasteiger partial charge is 0.251 e. The minimum Gasteiger partial charge on any atom is -0.336 e. The van der Waals surface area contributed by atoms with Crippen molar-refractivity contribution in [3.05, 3.63) is 122 Å². The van der Waals surface area contributed by atoms with E-state index in [2.05, 4.69) is 17.1 Å². The number of hydrogen-bond acceptors (Lipinski definition) is 2. The van der Waals surface area contributed by atoms with Gasteiger partial charge in [-0.25, -0.2) is 4.98 Å². The van der Waals surface area contributed by atoms with Crippen LogP contribution in [0.2, 0.25) is 10.0 Å². The molecule has 7 heteroatoms. The lowest BCUT2D eigenvalue weighted by Crippen LogP contribution is -2.25. The molecule has 35 heavy (non-hydrogen) atoms. The molecule has 0 saturated carbocycles. The second-order valence-electron chi connectivity index (χ2n) is 8.89. The van der Waals surface area contributed by atoms with Gasteiger partial charge in [0.2, 0.25) is 0 Å². The van der Waals surface area contributed by atoms with Gasteiger partial charge in [0.1, 0.15) is 4.87 Å². The van der Waals surface area contributed by atoms with Gasteiger partial charge in [-0.1, -0.05) is 53.5 Å². The zero-order valence-electron chi connectivity index (χ0n) is 18.8. The molecule has 3 heterocycles. The van der Waals surface area contributed by atoms with E-state index in [4.69, 9.17) is 34.8 Å². The number of hydrogen-bond donors (Lipinski definition) is 0. The minimum absolute atomic E-state index is 0.0135. The molecule has 1 aliphatic heterocycles. The summed E-state index contributed by atoms with van der Waals surface area (Å²) in [6.07, 6.45) is 4.30. The van der Waals surface area contributed by atoms with Crippen LogP contribution in [0.4, 0.5) is 0 Å². The van der Waals surface area contributed by atoms with Crippen molar-refractivity contribution in [2.45, 2.75) is 17.8 Å². The van der Waals surface area contributed by atoms with Crippen LogP contribution in [0.25, 0.3) is 22.0 Å². The van der Waals surface area contributed by atoms with E-state index in [9.17, 15) is 4.79 Å². The van der Waals surface area contributed by atoms with E-state index in [-0.39, 0.29) is 5.56 Å². The second-order valence-corrected chi connectivity index (χ2v) is 10.3. The van der Waals surface area contributed by atoms with Gasteiger partial charge >= 0.3 is 0 Å². The van der Waals surface area contributed by atoms with Crippen molar-refractivity contribution < 1.29 is 0 Å². The molecule has 4 nitrogen and oxygen atoms in total. The molecule has 0 saturated heterocycles. The Kier molecular flexibility index (Phi) is 5.29. The zero-order chi connectivity index (χ0) is 24.3. The second kappa shape index (κ2) is 8.27. The van der Waals surface area contributed by atoms with Crippen LogP contribution < -0.4 is 5.56 Å². The molecule has 0 N–H and O–H groups in total. The van der Waals surface area contributed by atoms with Crippen LogP contribution in [-0.4, -0.2) is 14.1 Å². The van der Waals surface area contributed by atoms with Gasteiger partial charge in [-0.2, -0.15) is 0 Å². The van der Waals surface area contributed by atoms with E-state index in [0.717, 1.165) is 50.8 Å². The summed E-state index contributed by atoms with van der Waals surface area (Å²) in [6.45, 7) is 0.645. The molecule has 0 aliphatic carbocycles. The quantitative estimate of drug-likeness (QED) is 0.245. The predicted molar refractivity (Wildman–Crippen MR) is 143 cm³/mol. The topological polar surface area (TPSA) is 39.8 Å². The van der Waals surface area contributed by atoms with Crippen LogP contribution in [0, 0.1) is 0 Å². The highest BCUT2D eigenvalue weighted by Crippen LogP contribution is 2.46. The highest BCUT2D eigenvalue weighted by molar-refractivity contribution is 6.31. The molecule has 0 radical (unpaired) electrons. The summed E-state index contributed by atoms with van der Waals surface area (Å²) in [6, 6.07) is 21.1. The molecule has 5 aromatic rings. The van der Waals surface area contributed by atoms with Crippen molar-refractivity contribution in [2.75, 3.05) is 0 Å². The maximum Gasteiger partial charge on any atom is 0.251 e. The molecule has 1 atom stereocenters. The third kappa shape index (κ3) is 3.51. The molecular weight excluding hydrogens is 501 g/mol. The molecule has 1 aliphatic rings. The lowest BCUT2D eigenvalue weighted by atomic mass is 9.85. The number of benzene rings is 3. The average Bonchev–Trinajstić information content (AvgIpc) is 3.48. The Balaban J connectivity index is 1.70. The minimum atomic E-state index is -1.02. The molecule has 0 amide bonds. The Hall–Kier alpha value is -3.05. The largest absolute Gasteiger partial charge is 0.336 e. The number of pyridine rings is 1. The third-order valence-corrected chi connectivity index (χ3v) is 7.95. The van der Waals surface area contributed by atoms with Crippen LogP contribution in [0.5, 0.6) is 0 Å². The van der Waals surface area contributed by atoms with E-state index in [1.165, 1.54) is 0 Å². The number of alkyl halides is 1. The van der Waals surface area contributed by atoms with Gasteiger partial charge in [0.15, 0.2) is 0 Å². The number of nitrogens with zero attached hydrogens (tertiary/aromatic N) is 3. The maximum atomic E-state index is 13.0. The summed E-state index contributed by atoms with van der Waals surface area (Å²) in [5.41, 5.74) is 6.40. The van der Waals surface area contributed by atoms with Crippen molar-refractivity contribution >= 4 is 45.7 Å². The normalized spacial score (nSPS) is 14.4. The third-order valence-electron chi connectivity index (χ3n) is 6.83. The molecule has 1 unspecified atom stereocenters. The lowest BCUT2D eigenvalue weighted by molar-refractivity contribution is 0.739. The number of halogens is 3. The Bertz CT molecular complexity index is 1670. The fraction of sp³-hybridized carbons (Fsp3) is 0.143. The Morgan fingerprint density at radius 1 is 0.943 bits per heavy atom. The zero-order valence-corrected chi connectivity index (χ0v) is 21.1. The molecule has 2 aromatic heterocycles. The first-order chi connectivity index (χ1) is 16.9. The molecule has 0 bridgehead atoms. The van der Waals surface area contributed by atoms with Gasteiger partial charge in [0.05, 0.1) is 23.7 Å². The first-order valence-corrected chi connectivity index (χ1v) is 12.4. The van der Waals surface area contributed by atoms with Crippen molar-refractivity contribution in [3.63, 3.8) is 0 Å². The molecular formula is C28H20Cl3N3O. The molecule has 0 spiro atoms. The Morgan fingerprint density at radius 2 is 1.74 bits per heavy atom. The summed E-state index contributed by atoms with van der Waals surface area (Å²) >= 11 is 20.1. The van der Waals surface area contributed by atoms with Gasteiger partial charge in [-0.05, 0) is 64.6 Å². The van der Waals surface area contributed by atoms with E-state index < -0.39 is 4.87 Å². The fourth-order valence-corrected chi connectivity index (χ4v) is 5.91. The Labute approximate surface area is 217 Å². The van der Waals surface area contributed by atoms with Crippen molar-refractivity contribution in [3.8, 4) is 11.1 Å². The summed E-state index contributed by atoms with van der Waals surface area (Å²) in [5.74, 6) is 0. The van der Waals surface area contributed by atoms with E-state index >= 15 is 0 Å². The number of aryl methyl sites for hydroxylation is 3. The van der Waals surface area contributed by atoms with Crippen LogP contribution in [0.15, 0.2) is 84.0 Å². The first-order valence-electron chi connectivity index (χ1n) is 11.2. The maximum absolute atomic E-state index is 13.0. The summed E-state index contributed by atoms with van der Waals surface area (Å²) < 4.78 is 3.79. The highest BCUT2D eigenvalue weighted by Gasteiger charge is 2.38. The van der Waals surface area contributed by atoms with Crippen molar-refractivity contribution in [1.29, 1.82) is 0 Å². The van der Waals surface area contributed by atoms with Gasteiger partial charge in [-0.15, -0.1) is 11.6 Å². The predicted octanol–water partition coefficient (Wildman–Crippen LogP) is 6.80. The summed E-state index contributed by atoms with van der Waals surface area (Å²) in [4.78, 5) is 16.4. The number of aromatic nitrogens is 3. The van der Waals surface area contributed by atoms with Gasteiger partial charge < -0.3 is 9.13 Å². The number of imidazole rings is 1. The van der Waals surface area contributed by atoms with Gasteiger partial charge in [0.25, 0.3) is 5.56 Å². The molecule has 3 aromatic carbocycles. The van der Waals surface area contributed by atoms with Crippen LogP contribution >= 0.6 is 34.8 Å². The average molecular weight is 521 g/mol. The van der Waals surface area contributed by atoms with E-state index in [1.54, 1.807) is 18.6 Å². The molecule has 6 rings (SSSR count). The van der Waals surface area contributed by atoms with Gasteiger partial charge in [0, 0.05) is 35.1 Å². The fourth-order valence-electron chi connectivity index (χ4n) is 5.18.